The molecule has 5 heteroatoms. The second kappa shape index (κ2) is 7.41. The summed E-state index contributed by atoms with van der Waals surface area (Å²) in [7, 11) is 0. The Balaban J connectivity index is 1.48. The predicted molar refractivity (Wildman–Crippen MR) is 99.7 cm³/mol. The molecule has 0 saturated heterocycles. The highest BCUT2D eigenvalue weighted by Gasteiger charge is 2.06. The minimum absolute atomic E-state index is 0.0331. The van der Waals surface area contributed by atoms with Gasteiger partial charge in [0.25, 0.3) is 0 Å². The van der Waals surface area contributed by atoms with Gasteiger partial charge in [-0.2, -0.15) is 0 Å². The Hall–Kier alpha value is -2.46. The lowest BCUT2D eigenvalue weighted by molar-refractivity contribution is -0.119. The van der Waals surface area contributed by atoms with Gasteiger partial charge < -0.3 is 15.6 Å². The van der Waals surface area contributed by atoms with Crippen molar-refractivity contribution in [2.75, 3.05) is 18.4 Å². The third kappa shape index (κ3) is 3.71. The lowest BCUT2D eigenvalue weighted by Gasteiger charge is -2.10. The largest absolute Gasteiger partial charge is 0.376 e. The first-order valence-corrected chi connectivity index (χ1v) is 8.33. The minimum atomic E-state index is -0.0331. The van der Waals surface area contributed by atoms with Crippen molar-refractivity contribution < 1.29 is 4.79 Å². The van der Waals surface area contributed by atoms with E-state index in [1.807, 2.05) is 43.5 Å². The first-order chi connectivity index (χ1) is 11.6. The molecule has 3 rings (SSSR count). The minimum Gasteiger partial charge on any atom is -0.376 e. The zero-order valence-corrected chi connectivity index (χ0v) is 14.3. The van der Waals surface area contributed by atoms with E-state index in [4.69, 9.17) is 11.6 Å². The average Bonchev–Trinajstić information content (AvgIpc) is 3.00. The van der Waals surface area contributed by atoms with Gasteiger partial charge in [-0.25, -0.2) is 0 Å². The lowest BCUT2D eigenvalue weighted by Crippen LogP contribution is -2.31. The Kier molecular flexibility index (Phi) is 5.06. The van der Waals surface area contributed by atoms with E-state index in [1.165, 1.54) is 10.9 Å². The molecule has 0 bridgehead atoms. The van der Waals surface area contributed by atoms with E-state index in [2.05, 4.69) is 27.8 Å². The van der Waals surface area contributed by atoms with Gasteiger partial charge in [-0.3, -0.25) is 4.79 Å². The van der Waals surface area contributed by atoms with Crippen molar-refractivity contribution in [1.82, 2.24) is 10.3 Å². The number of para-hydroxylation sites is 1. The van der Waals surface area contributed by atoms with Crippen LogP contribution in [-0.2, 0) is 11.2 Å². The molecule has 24 heavy (non-hydrogen) atoms. The molecule has 4 nitrogen and oxygen atoms in total. The molecule has 0 radical (unpaired) electrons. The molecule has 0 spiro atoms. The van der Waals surface area contributed by atoms with Gasteiger partial charge in [-0.15, -0.1) is 0 Å². The van der Waals surface area contributed by atoms with E-state index in [1.54, 1.807) is 0 Å². The third-order valence-corrected chi connectivity index (χ3v) is 4.51. The Morgan fingerprint density at radius 3 is 2.88 bits per heavy atom. The maximum Gasteiger partial charge on any atom is 0.239 e. The number of hydrogen-bond donors (Lipinski definition) is 3. The summed E-state index contributed by atoms with van der Waals surface area (Å²) in [5.41, 5.74) is 4.17. The number of H-pyrrole nitrogens is 1. The molecule has 0 unspecified atom stereocenters. The van der Waals surface area contributed by atoms with E-state index in [-0.39, 0.29) is 12.5 Å². The second-order valence-electron chi connectivity index (χ2n) is 5.73. The predicted octanol–water partition coefficient (Wildman–Crippen LogP) is 3.90. The van der Waals surface area contributed by atoms with Crippen LogP contribution in [0, 0.1) is 6.92 Å². The van der Waals surface area contributed by atoms with Crippen LogP contribution >= 0.6 is 11.6 Å². The summed E-state index contributed by atoms with van der Waals surface area (Å²) in [6.45, 7) is 2.77. The van der Waals surface area contributed by atoms with Crippen LogP contribution in [0.25, 0.3) is 10.9 Å². The maximum absolute atomic E-state index is 12.0. The zero-order chi connectivity index (χ0) is 16.9. The number of carbonyl (C=O) groups excluding carboxylic acids is 1. The quantitative estimate of drug-likeness (QED) is 0.637. The fourth-order valence-corrected chi connectivity index (χ4v) is 2.89. The summed E-state index contributed by atoms with van der Waals surface area (Å²) in [4.78, 5) is 15.2. The normalized spacial score (nSPS) is 10.8. The van der Waals surface area contributed by atoms with E-state index in [9.17, 15) is 4.79 Å². The Morgan fingerprint density at radius 2 is 2.00 bits per heavy atom. The molecule has 1 amide bonds. The molecule has 0 saturated carbocycles. The van der Waals surface area contributed by atoms with Crippen LogP contribution in [0.1, 0.15) is 11.1 Å². The standard InChI is InChI=1S/C19H20ClN3O/c1-13-16(20)6-4-8-17(13)23-12-19(24)21-10-9-14-11-22-18-7-3-2-5-15(14)18/h2-8,11,22-23H,9-10,12H2,1H3,(H,21,24). The number of anilines is 1. The van der Waals surface area contributed by atoms with Gasteiger partial charge in [-0.1, -0.05) is 35.9 Å². The summed E-state index contributed by atoms with van der Waals surface area (Å²) in [5.74, 6) is -0.0331. The molecular formula is C19H20ClN3O. The van der Waals surface area contributed by atoms with Gasteiger partial charge in [0.1, 0.15) is 0 Å². The van der Waals surface area contributed by atoms with E-state index in [0.717, 1.165) is 23.2 Å². The number of halogens is 1. The van der Waals surface area contributed by atoms with E-state index in [0.29, 0.717) is 11.6 Å². The van der Waals surface area contributed by atoms with Crippen molar-refractivity contribution in [3.05, 3.63) is 64.8 Å². The lowest BCUT2D eigenvalue weighted by atomic mass is 10.1. The number of rotatable bonds is 6. The van der Waals surface area contributed by atoms with Gasteiger partial charge in [0, 0.05) is 34.4 Å². The molecule has 0 fully saturated rings. The Labute approximate surface area is 146 Å². The maximum atomic E-state index is 12.0. The van der Waals surface area contributed by atoms with Gasteiger partial charge in [-0.05, 0) is 42.7 Å². The van der Waals surface area contributed by atoms with Crippen molar-refractivity contribution in [2.24, 2.45) is 0 Å². The highest BCUT2D eigenvalue weighted by atomic mass is 35.5. The molecule has 0 aliphatic carbocycles. The van der Waals surface area contributed by atoms with Crippen LogP contribution in [0.3, 0.4) is 0 Å². The molecule has 1 heterocycles. The monoisotopic (exact) mass is 341 g/mol. The molecule has 124 valence electrons. The smallest absolute Gasteiger partial charge is 0.239 e. The average molecular weight is 342 g/mol. The van der Waals surface area contributed by atoms with Crippen molar-refractivity contribution >= 4 is 34.1 Å². The molecule has 0 aliphatic heterocycles. The summed E-state index contributed by atoms with van der Waals surface area (Å²) in [6.07, 6.45) is 2.80. The molecule has 1 aromatic heterocycles. The summed E-state index contributed by atoms with van der Waals surface area (Å²) >= 11 is 6.07. The highest BCUT2D eigenvalue weighted by molar-refractivity contribution is 6.31. The van der Waals surface area contributed by atoms with E-state index < -0.39 is 0 Å². The van der Waals surface area contributed by atoms with E-state index >= 15 is 0 Å². The number of benzene rings is 2. The first-order valence-electron chi connectivity index (χ1n) is 7.96. The number of aromatic amines is 1. The summed E-state index contributed by atoms with van der Waals surface area (Å²) in [5, 5.41) is 7.97. The fraction of sp³-hybridized carbons (Fsp3) is 0.211. The molecule has 3 N–H and O–H groups in total. The summed E-state index contributed by atoms with van der Waals surface area (Å²) in [6, 6.07) is 13.8. The number of carbonyl (C=O) groups is 1. The fourth-order valence-electron chi connectivity index (χ4n) is 2.71. The molecule has 2 aromatic carbocycles. The number of hydrogen-bond acceptors (Lipinski definition) is 2. The number of aromatic nitrogens is 1. The Morgan fingerprint density at radius 1 is 1.17 bits per heavy atom. The topological polar surface area (TPSA) is 56.9 Å². The van der Waals surface area contributed by atoms with Crippen molar-refractivity contribution in [3.8, 4) is 0 Å². The first kappa shape index (κ1) is 16.4. The highest BCUT2D eigenvalue weighted by Crippen LogP contribution is 2.22. The van der Waals surface area contributed by atoms with Crippen LogP contribution in [0.2, 0.25) is 5.02 Å². The van der Waals surface area contributed by atoms with Crippen LogP contribution in [0.4, 0.5) is 5.69 Å². The number of fused-ring (bicyclic) bond motifs is 1. The molecule has 0 atom stereocenters. The van der Waals surface area contributed by atoms with Crippen LogP contribution in [0.5, 0.6) is 0 Å². The Bertz CT molecular complexity index is 857. The molecule has 3 aromatic rings. The molecular weight excluding hydrogens is 322 g/mol. The number of nitrogens with one attached hydrogen (secondary N) is 3. The van der Waals surface area contributed by atoms with Crippen molar-refractivity contribution in [3.63, 3.8) is 0 Å². The van der Waals surface area contributed by atoms with Crippen molar-refractivity contribution in [2.45, 2.75) is 13.3 Å². The van der Waals surface area contributed by atoms with Gasteiger partial charge in [0.2, 0.25) is 5.91 Å². The van der Waals surface area contributed by atoms with Gasteiger partial charge in [0.05, 0.1) is 6.54 Å². The van der Waals surface area contributed by atoms with Crippen LogP contribution < -0.4 is 10.6 Å². The van der Waals surface area contributed by atoms with Gasteiger partial charge in [0.15, 0.2) is 0 Å². The number of amides is 1. The molecule has 0 aliphatic rings. The zero-order valence-electron chi connectivity index (χ0n) is 13.5. The van der Waals surface area contributed by atoms with Crippen LogP contribution in [0.15, 0.2) is 48.7 Å². The van der Waals surface area contributed by atoms with Crippen molar-refractivity contribution in [1.29, 1.82) is 0 Å². The second-order valence-corrected chi connectivity index (χ2v) is 6.13. The third-order valence-electron chi connectivity index (χ3n) is 4.10. The van der Waals surface area contributed by atoms with Crippen LogP contribution in [-0.4, -0.2) is 24.0 Å². The SMILES string of the molecule is Cc1c(Cl)cccc1NCC(=O)NCCc1c[nH]c2ccccc12. The summed E-state index contributed by atoms with van der Waals surface area (Å²) < 4.78 is 0. The van der Waals surface area contributed by atoms with Gasteiger partial charge >= 0.3 is 0 Å².